The fourth-order valence-corrected chi connectivity index (χ4v) is 2.11. The first-order chi connectivity index (χ1) is 9.72. The van der Waals surface area contributed by atoms with E-state index < -0.39 is 0 Å². The molecule has 0 aliphatic heterocycles. The van der Waals surface area contributed by atoms with Crippen LogP contribution in [-0.2, 0) is 13.1 Å². The van der Waals surface area contributed by atoms with E-state index in [4.69, 9.17) is 4.52 Å². The summed E-state index contributed by atoms with van der Waals surface area (Å²) >= 11 is 0. The maximum Gasteiger partial charge on any atom is 0.246 e. The van der Waals surface area contributed by atoms with Crippen molar-refractivity contribution in [3.05, 3.63) is 29.9 Å². The zero-order valence-electron chi connectivity index (χ0n) is 12.0. The van der Waals surface area contributed by atoms with Crippen LogP contribution in [0.25, 0.3) is 0 Å². The van der Waals surface area contributed by atoms with E-state index in [0.717, 1.165) is 24.7 Å². The van der Waals surface area contributed by atoms with Gasteiger partial charge in [0.05, 0.1) is 6.54 Å². The van der Waals surface area contributed by atoms with Crippen molar-refractivity contribution in [2.45, 2.75) is 45.7 Å². The second kappa shape index (κ2) is 5.75. The number of aromatic nitrogens is 4. The quantitative estimate of drug-likeness (QED) is 0.836. The van der Waals surface area contributed by atoms with Gasteiger partial charge in [-0.05, 0) is 25.3 Å². The molecule has 0 saturated heterocycles. The van der Waals surface area contributed by atoms with Crippen LogP contribution in [0.15, 0.2) is 16.9 Å². The van der Waals surface area contributed by atoms with Gasteiger partial charge >= 0.3 is 0 Å². The molecule has 0 radical (unpaired) electrons. The summed E-state index contributed by atoms with van der Waals surface area (Å²) in [6.45, 7) is 6.72. The summed E-state index contributed by atoms with van der Waals surface area (Å²) in [6.07, 6.45) is 6.14. The summed E-state index contributed by atoms with van der Waals surface area (Å²) in [5, 5.41) is 7.44. The van der Waals surface area contributed by atoms with Crippen LogP contribution in [-0.4, -0.2) is 26.2 Å². The van der Waals surface area contributed by atoms with Crippen molar-refractivity contribution >= 4 is 0 Å². The van der Waals surface area contributed by atoms with Crippen molar-refractivity contribution in [3.8, 4) is 0 Å². The Labute approximate surface area is 118 Å². The third-order valence-corrected chi connectivity index (χ3v) is 3.37. The zero-order chi connectivity index (χ0) is 13.9. The molecule has 1 fully saturated rings. The molecule has 6 heteroatoms. The first-order valence-corrected chi connectivity index (χ1v) is 7.25. The highest BCUT2D eigenvalue weighted by Crippen LogP contribution is 2.38. The molecule has 1 aliphatic rings. The molecular weight excluding hydrogens is 254 g/mol. The molecule has 3 rings (SSSR count). The highest BCUT2D eigenvalue weighted by atomic mass is 16.5. The monoisotopic (exact) mass is 275 g/mol. The first-order valence-electron chi connectivity index (χ1n) is 7.25. The highest BCUT2D eigenvalue weighted by Gasteiger charge is 2.28. The molecule has 2 heterocycles. The third-order valence-electron chi connectivity index (χ3n) is 3.37. The standard InChI is InChI=1S/C14H21N5O/c1-10(2)7-15-8-12-16-5-6-19(12)9-13-17-14(18-20-13)11-3-4-11/h5-6,10-11,15H,3-4,7-9H2,1-2H3. The van der Waals surface area contributed by atoms with Gasteiger partial charge in [0.25, 0.3) is 0 Å². The molecule has 2 aromatic rings. The van der Waals surface area contributed by atoms with Crippen LogP contribution in [0.1, 0.15) is 50.1 Å². The number of rotatable bonds is 7. The van der Waals surface area contributed by atoms with E-state index in [0.29, 0.717) is 24.3 Å². The molecule has 0 unspecified atom stereocenters. The third kappa shape index (κ3) is 3.25. The molecule has 1 aliphatic carbocycles. The Morgan fingerprint density at radius 3 is 3.05 bits per heavy atom. The lowest BCUT2D eigenvalue weighted by molar-refractivity contribution is 0.364. The predicted molar refractivity (Wildman–Crippen MR) is 74.1 cm³/mol. The van der Waals surface area contributed by atoms with Gasteiger partial charge in [0.1, 0.15) is 12.4 Å². The Morgan fingerprint density at radius 1 is 1.45 bits per heavy atom. The van der Waals surface area contributed by atoms with Crippen molar-refractivity contribution in [3.63, 3.8) is 0 Å². The lowest BCUT2D eigenvalue weighted by Gasteiger charge is -2.08. The number of nitrogens with one attached hydrogen (secondary N) is 1. The van der Waals surface area contributed by atoms with Gasteiger partial charge in [0.2, 0.25) is 5.89 Å². The zero-order valence-corrected chi connectivity index (χ0v) is 12.0. The van der Waals surface area contributed by atoms with E-state index in [-0.39, 0.29) is 0 Å². The lowest BCUT2D eigenvalue weighted by atomic mass is 10.2. The fourth-order valence-electron chi connectivity index (χ4n) is 2.11. The molecular formula is C14H21N5O. The van der Waals surface area contributed by atoms with Gasteiger partial charge in [-0.25, -0.2) is 4.98 Å². The molecule has 0 spiro atoms. The Hall–Kier alpha value is -1.69. The van der Waals surface area contributed by atoms with Gasteiger partial charge in [-0.1, -0.05) is 19.0 Å². The Bertz CT molecular complexity index is 555. The van der Waals surface area contributed by atoms with Crippen LogP contribution < -0.4 is 5.32 Å². The topological polar surface area (TPSA) is 68.8 Å². The van der Waals surface area contributed by atoms with Crippen molar-refractivity contribution in [2.75, 3.05) is 6.54 Å². The van der Waals surface area contributed by atoms with Gasteiger partial charge < -0.3 is 14.4 Å². The van der Waals surface area contributed by atoms with Gasteiger partial charge in [0, 0.05) is 18.3 Å². The Kier molecular flexibility index (Phi) is 3.82. The number of nitrogens with zero attached hydrogens (tertiary/aromatic N) is 4. The van der Waals surface area contributed by atoms with Crippen molar-refractivity contribution in [1.82, 2.24) is 25.0 Å². The molecule has 108 valence electrons. The predicted octanol–water partition coefficient (Wildman–Crippen LogP) is 1.94. The van der Waals surface area contributed by atoms with Crippen molar-refractivity contribution < 1.29 is 4.52 Å². The lowest BCUT2D eigenvalue weighted by Crippen LogP contribution is -2.21. The van der Waals surface area contributed by atoms with Gasteiger partial charge in [-0.2, -0.15) is 4.98 Å². The van der Waals surface area contributed by atoms with Crippen LogP contribution in [0, 0.1) is 5.92 Å². The fraction of sp³-hybridized carbons (Fsp3) is 0.643. The van der Waals surface area contributed by atoms with Crippen LogP contribution in [0.2, 0.25) is 0 Å². The maximum atomic E-state index is 5.31. The van der Waals surface area contributed by atoms with E-state index in [2.05, 4.69) is 38.9 Å². The molecule has 0 bridgehead atoms. The smallest absolute Gasteiger partial charge is 0.246 e. The van der Waals surface area contributed by atoms with Crippen LogP contribution in [0.3, 0.4) is 0 Å². The molecule has 1 saturated carbocycles. The van der Waals surface area contributed by atoms with E-state index in [9.17, 15) is 0 Å². The minimum Gasteiger partial charge on any atom is -0.337 e. The normalized spacial score (nSPS) is 15.2. The SMILES string of the molecule is CC(C)CNCc1nccn1Cc1nc(C2CC2)no1. The Morgan fingerprint density at radius 2 is 2.30 bits per heavy atom. The molecule has 6 nitrogen and oxygen atoms in total. The average molecular weight is 275 g/mol. The minimum atomic E-state index is 0.530. The van der Waals surface area contributed by atoms with E-state index in [1.54, 1.807) is 0 Å². The van der Waals surface area contributed by atoms with Crippen LogP contribution >= 0.6 is 0 Å². The van der Waals surface area contributed by atoms with Gasteiger partial charge in [0.15, 0.2) is 5.82 Å². The number of hydrogen-bond donors (Lipinski definition) is 1. The van der Waals surface area contributed by atoms with Gasteiger partial charge in [-0.3, -0.25) is 0 Å². The van der Waals surface area contributed by atoms with E-state index in [1.165, 1.54) is 12.8 Å². The van der Waals surface area contributed by atoms with E-state index in [1.807, 2.05) is 12.4 Å². The van der Waals surface area contributed by atoms with Crippen LogP contribution in [0.4, 0.5) is 0 Å². The number of hydrogen-bond acceptors (Lipinski definition) is 5. The summed E-state index contributed by atoms with van der Waals surface area (Å²) in [4.78, 5) is 8.82. The summed E-state index contributed by atoms with van der Waals surface area (Å²) in [5.74, 6) is 3.68. The first kappa shape index (κ1) is 13.3. The molecule has 1 N–H and O–H groups in total. The molecule has 2 aromatic heterocycles. The van der Waals surface area contributed by atoms with Gasteiger partial charge in [-0.15, -0.1) is 0 Å². The average Bonchev–Trinajstić information content (AvgIpc) is 3.01. The van der Waals surface area contributed by atoms with Crippen LogP contribution in [0.5, 0.6) is 0 Å². The summed E-state index contributed by atoms with van der Waals surface area (Å²) in [7, 11) is 0. The second-order valence-electron chi connectivity index (χ2n) is 5.82. The molecule has 20 heavy (non-hydrogen) atoms. The highest BCUT2D eigenvalue weighted by molar-refractivity contribution is 5.04. The molecule has 0 amide bonds. The second-order valence-corrected chi connectivity index (χ2v) is 5.82. The summed E-state index contributed by atoms with van der Waals surface area (Å²) in [6, 6.07) is 0. The number of imidazole rings is 1. The molecule has 0 atom stereocenters. The molecule has 0 aromatic carbocycles. The van der Waals surface area contributed by atoms with E-state index >= 15 is 0 Å². The summed E-state index contributed by atoms with van der Waals surface area (Å²) < 4.78 is 7.36. The largest absolute Gasteiger partial charge is 0.337 e. The Balaban J connectivity index is 1.60. The van der Waals surface area contributed by atoms with Crippen molar-refractivity contribution in [2.24, 2.45) is 5.92 Å². The minimum absolute atomic E-state index is 0.530. The maximum absolute atomic E-state index is 5.31. The summed E-state index contributed by atoms with van der Waals surface area (Å²) in [5.41, 5.74) is 0. The van der Waals surface area contributed by atoms with Crippen molar-refractivity contribution in [1.29, 1.82) is 0 Å².